The maximum absolute atomic E-state index is 13.1. The SMILES string of the molecule is CCc1ccc(C(=O)N2CCN(C(=O)CN3C(=O)NC(C)(c4ccc(C)cc4)C3=O)CC2)cc1. The Morgan fingerprint density at radius 2 is 1.50 bits per heavy atom. The molecule has 8 heteroatoms. The van der Waals surface area contributed by atoms with Crippen LogP contribution < -0.4 is 5.32 Å². The van der Waals surface area contributed by atoms with E-state index in [2.05, 4.69) is 12.2 Å². The molecule has 2 aromatic carbocycles. The van der Waals surface area contributed by atoms with Gasteiger partial charge in [-0.15, -0.1) is 0 Å². The number of imide groups is 1. The number of aryl methyl sites for hydroxylation is 2. The van der Waals surface area contributed by atoms with E-state index >= 15 is 0 Å². The van der Waals surface area contributed by atoms with E-state index in [9.17, 15) is 19.2 Å². The summed E-state index contributed by atoms with van der Waals surface area (Å²) in [6, 6.07) is 14.4. The van der Waals surface area contributed by atoms with Crippen LogP contribution in [0.25, 0.3) is 0 Å². The predicted molar refractivity (Wildman–Crippen MR) is 127 cm³/mol. The Bertz CT molecular complexity index is 1100. The number of carbonyl (C=O) groups is 4. The van der Waals surface area contributed by atoms with Gasteiger partial charge in [0.05, 0.1) is 0 Å². The van der Waals surface area contributed by atoms with Crippen molar-refractivity contribution in [3.8, 4) is 0 Å². The highest BCUT2D eigenvalue weighted by atomic mass is 16.2. The summed E-state index contributed by atoms with van der Waals surface area (Å²) in [6.45, 7) is 6.87. The molecule has 0 spiro atoms. The van der Waals surface area contributed by atoms with Crippen LogP contribution in [-0.2, 0) is 21.5 Å². The number of piperazine rings is 1. The standard InChI is InChI=1S/C26H30N4O4/c1-4-19-7-9-20(10-8-19)23(32)29-15-13-28(14-16-29)22(31)17-30-24(33)26(3,27-25(30)34)21-11-5-18(2)6-12-21/h5-12H,4,13-17H2,1-3H3,(H,27,34). The number of nitrogens with zero attached hydrogens (tertiary/aromatic N) is 3. The largest absolute Gasteiger partial charge is 0.338 e. The van der Waals surface area contributed by atoms with E-state index in [-0.39, 0.29) is 18.4 Å². The van der Waals surface area contributed by atoms with Crippen molar-refractivity contribution < 1.29 is 19.2 Å². The van der Waals surface area contributed by atoms with E-state index in [0.717, 1.165) is 16.9 Å². The minimum Gasteiger partial charge on any atom is -0.338 e. The molecule has 1 atom stereocenters. The van der Waals surface area contributed by atoms with Crippen molar-refractivity contribution >= 4 is 23.8 Å². The summed E-state index contributed by atoms with van der Waals surface area (Å²) < 4.78 is 0. The Morgan fingerprint density at radius 1 is 0.912 bits per heavy atom. The number of benzene rings is 2. The van der Waals surface area contributed by atoms with Gasteiger partial charge in [0.1, 0.15) is 12.1 Å². The molecule has 0 bridgehead atoms. The number of hydrogen-bond donors (Lipinski definition) is 1. The molecule has 2 aromatic rings. The van der Waals surface area contributed by atoms with Gasteiger partial charge in [0.2, 0.25) is 5.91 Å². The van der Waals surface area contributed by atoms with Crippen molar-refractivity contribution in [2.24, 2.45) is 0 Å². The molecule has 0 aromatic heterocycles. The molecule has 178 valence electrons. The van der Waals surface area contributed by atoms with Crippen molar-refractivity contribution in [1.29, 1.82) is 0 Å². The molecular formula is C26H30N4O4. The highest BCUT2D eigenvalue weighted by molar-refractivity contribution is 6.09. The van der Waals surface area contributed by atoms with Crippen LogP contribution >= 0.6 is 0 Å². The van der Waals surface area contributed by atoms with Gasteiger partial charge in [0.15, 0.2) is 0 Å². The van der Waals surface area contributed by atoms with Crippen LogP contribution in [0.2, 0.25) is 0 Å². The monoisotopic (exact) mass is 462 g/mol. The van der Waals surface area contributed by atoms with Gasteiger partial charge < -0.3 is 15.1 Å². The van der Waals surface area contributed by atoms with E-state index < -0.39 is 17.5 Å². The average molecular weight is 463 g/mol. The van der Waals surface area contributed by atoms with Crippen LogP contribution in [0, 0.1) is 6.92 Å². The zero-order chi connectivity index (χ0) is 24.5. The highest BCUT2D eigenvalue weighted by Gasteiger charge is 2.49. The number of amides is 5. The minimum atomic E-state index is -1.20. The van der Waals surface area contributed by atoms with Crippen LogP contribution in [-0.4, -0.2) is 71.2 Å². The molecule has 8 nitrogen and oxygen atoms in total. The maximum Gasteiger partial charge on any atom is 0.325 e. The number of carbonyl (C=O) groups excluding carboxylic acids is 4. The fourth-order valence-corrected chi connectivity index (χ4v) is 4.38. The third-order valence-electron chi connectivity index (χ3n) is 6.73. The molecule has 2 aliphatic heterocycles. The molecule has 1 unspecified atom stereocenters. The van der Waals surface area contributed by atoms with Gasteiger partial charge in [0, 0.05) is 31.7 Å². The zero-order valence-corrected chi connectivity index (χ0v) is 19.8. The Labute approximate surface area is 199 Å². The molecule has 5 amide bonds. The molecule has 1 N–H and O–H groups in total. The second-order valence-electron chi connectivity index (χ2n) is 9.04. The molecular weight excluding hydrogens is 432 g/mol. The lowest BCUT2D eigenvalue weighted by Gasteiger charge is -2.35. The van der Waals surface area contributed by atoms with Crippen LogP contribution in [0.5, 0.6) is 0 Å². The van der Waals surface area contributed by atoms with E-state index in [1.807, 2.05) is 55.5 Å². The fourth-order valence-electron chi connectivity index (χ4n) is 4.38. The number of hydrogen-bond acceptors (Lipinski definition) is 4. The molecule has 0 aliphatic carbocycles. The molecule has 2 aliphatic rings. The smallest absolute Gasteiger partial charge is 0.325 e. The van der Waals surface area contributed by atoms with Gasteiger partial charge in [-0.3, -0.25) is 19.3 Å². The third-order valence-corrected chi connectivity index (χ3v) is 6.73. The molecule has 2 fully saturated rings. The first kappa shape index (κ1) is 23.5. The summed E-state index contributed by atoms with van der Waals surface area (Å²) in [6.07, 6.45) is 0.914. The molecule has 4 rings (SSSR count). The summed E-state index contributed by atoms with van der Waals surface area (Å²) >= 11 is 0. The summed E-state index contributed by atoms with van der Waals surface area (Å²) in [4.78, 5) is 55.7. The lowest BCUT2D eigenvalue weighted by atomic mass is 9.91. The second kappa shape index (κ2) is 9.29. The number of urea groups is 1. The van der Waals surface area contributed by atoms with Crippen molar-refractivity contribution in [2.75, 3.05) is 32.7 Å². The van der Waals surface area contributed by atoms with Crippen molar-refractivity contribution in [1.82, 2.24) is 20.0 Å². The molecule has 34 heavy (non-hydrogen) atoms. The topological polar surface area (TPSA) is 90.0 Å². The van der Waals surface area contributed by atoms with Gasteiger partial charge in [-0.05, 0) is 43.5 Å². The van der Waals surface area contributed by atoms with Gasteiger partial charge in [-0.1, -0.05) is 48.9 Å². The van der Waals surface area contributed by atoms with Crippen LogP contribution in [0.15, 0.2) is 48.5 Å². The Balaban J connectivity index is 1.35. The van der Waals surface area contributed by atoms with Crippen LogP contribution in [0.1, 0.15) is 40.9 Å². The molecule has 2 saturated heterocycles. The maximum atomic E-state index is 13.1. The highest BCUT2D eigenvalue weighted by Crippen LogP contribution is 2.29. The van der Waals surface area contributed by atoms with E-state index in [4.69, 9.17) is 0 Å². The first-order valence-corrected chi connectivity index (χ1v) is 11.6. The Kier molecular flexibility index (Phi) is 6.41. The summed E-state index contributed by atoms with van der Waals surface area (Å²) in [5, 5.41) is 2.74. The van der Waals surface area contributed by atoms with Gasteiger partial charge in [0.25, 0.3) is 11.8 Å². The van der Waals surface area contributed by atoms with Crippen molar-refractivity contribution in [3.63, 3.8) is 0 Å². The van der Waals surface area contributed by atoms with Crippen LogP contribution in [0.3, 0.4) is 0 Å². The number of rotatable bonds is 5. The van der Waals surface area contributed by atoms with Gasteiger partial charge in [-0.2, -0.15) is 0 Å². The third kappa shape index (κ3) is 4.40. The molecule has 0 saturated carbocycles. The Hall–Kier alpha value is -3.68. The summed E-state index contributed by atoms with van der Waals surface area (Å²) in [5.41, 5.74) is 2.32. The first-order chi connectivity index (χ1) is 16.2. The first-order valence-electron chi connectivity index (χ1n) is 11.6. The Morgan fingerprint density at radius 3 is 2.09 bits per heavy atom. The van der Waals surface area contributed by atoms with Crippen molar-refractivity contribution in [2.45, 2.75) is 32.7 Å². The molecule has 0 radical (unpaired) electrons. The molecule has 2 heterocycles. The second-order valence-corrected chi connectivity index (χ2v) is 9.04. The van der Waals surface area contributed by atoms with Gasteiger partial charge in [-0.25, -0.2) is 4.79 Å². The van der Waals surface area contributed by atoms with E-state index in [0.29, 0.717) is 37.3 Å². The number of nitrogens with one attached hydrogen (secondary N) is 1. The summed E-state index contributed by atoms with van der Waals surface area (Å²) in [7, 11) is 0. The quantitative estimate of drug-likeness (QED) is 0.691. The minimum absolute atomic E-state index is 0.0577. The zero-order valence-electron chi connectivity index (χ0n) is 19.8. The van der Waals surface area contributed by atoms with Gasteiger partial charge >= 0.3 is 6.03 Å². The normalized spacial score (nSPS) is 20.5. The summed E-state index contributed by atoms with van der Waals surface area (Å²) in [5.74, 6) is -0.812. The van der Waals surface area contributed by atoms with Crippen molar-refractivity contribution in [3.05, 3.63) is 70.8 Å². The lowest BCUT2D eigenvalue weighted by Crippen LogP contribution is -2.53. The van der Waals surface area contributed by atoms with E-state index in [1.165, 1.54) is 5.56 Å². The van der Waals surface area contributed by atoms with Crippen LogP contribution in [0.4, 0.5) is 4.79 Å². The fraction of sp³-hybridized carbons (Fsp3) is 0.385. The predicted octanol–water partition coefficient (Wildman–Crippen LogP) is 2.31. The lowest BCUT2D eigenvalue weighted by molar-refractivity contribution is -0.139. The van der Waals surface area contributed by atoms with E-state index in [1.54, 1.807) is 16.7 Å². The average Bonchev–Trinajstić information content (AvgIpc) is 3.07.